The van der Waals surface area contributed by atoms with Gasteiger partial charge in [-0.3, -0.25) is 0 Å². The molecule has 0 fully saturated rings. The summed E-state index contributed by atoms with van der Waals surface area (Å²) in [6, 6.07) is 85.9. The Morgan fingerprint density at radius 3 is 1.57 bits per heavy atom. The standard InChI is InChI=1S/C58H39N3/c1-3-16-42(17-4-1)48-22-9-12-25-52(48)60(56-29-15-28-55-58(56)50-24-11-14-27-54(50)59(55)45-20-5-2-6-21-45)46-34-30-40(31-35-46)41-32-36-47(37-33-41)61-53-26-13-10-23-49(53)51-38-43-18-7-8-19-44(43)39-57(51)61/h1-39H. The molecule has 3 heteroatoms. The van der Waals surface area contributed by atoms with Gasteiger partial charge < -0.3 is 14.0 Å². The predicted molar refractivity (Wildman–Crippen MR) is 258 cm³/mol. The van der Waals surface area contributed by atoms with Gasteiger partial charge >= 0.3 is 0 Å². The van der Waals surface area contributed by atoms with Crippen molar-refractivity contribution >= 4 is 71.4 Å². The summed E-state index contributed by atoms with van der Waals surface area (Å²) in [7, 11) is 0. The molecule has 10 aromatic carbocycles. The highest BCUT2D eigenvalue weighted by atomic mass is 15.2. The highest BCUT2D eigenvalue weighted by Crippen LogP contribution is 2.47. The lowest BCUT2D eigenvalue weighted by Crippen LogP contribution is -2.11. The minimum Gasteiger partial charge on any atom is -0.309 e. The van der Waals surface area contributed by atoms with Crippen molar-refractivity contribution in [3.05, 3.63) is 237 Å². The number of hydrogen-bond donors (Lipinski definition) is 0. The lowest BCUT2D eigenvalue weighted by molar-refractivity contribution is 1.18. The van der Waals surface area contributed by atoms with Crippen LogP contribution in [0.3, 0.4) is 0 Å². The first-order valence-corrected chi connectivity index (χ1v) is 20.9. The van der Waals surface area contributed by atoms with Gasteiger partial charge in [0.15, 0.2) is 0 Å². The summed E-state index contributed by atoms with van der Waals surface area (Å²) >= 11 is 0. The molecule has 0 amide bonds. The molecule has 0 N–H and O–H groups in total. The minimum atomic E-state index is 1.09. The SMILES string of the molecule is c1ccc(-c2ccccc2N(c2ccc(-c3ccc(-n4c5ccccc5c5cc6ccccc6cc54)cc3)cc2)c2cccc3c2c2ccccc2n3-c2ccccc2)cc1. The summed E-state index contributed by atoms with van der Waals surface area (Å²) in [4.78, 5) is 2.45. The van der Waals surface area contributed by atoms with Crippen LogP contribution >= 0.6 is 0 Å². The van der Waals surface area contributed by atoms with Gasteiger partial charge in [0.05, 0.1) is 33.4 Å². The maximum atomic E-state index is 2.45. The van der Waals surface area contributed by atoms with Crippen LogP contribution in [0.4, 0.5) is 17.1 Å². The van der Waals surface area contributed by atoms with Crippen LogP contribution in [0.2, 0.25) is 0 Å². The smallest absolute Gasteiger partial charge is 0.0562 e. The van der Waals surface area contributed by atoms with E-state index in [1.165, 1.54) is 76.6 Å². The normalized spacial score (nSPS) is 11.6. The van der Waals surface area contributed by atoms with E-state index in [4.69, 9.17) is 0 Å². The summed E-state index contributed by atoms with van der Waals surface area (Å²) in [6.45, 7) is 0. The van der Waals surface area contributed by atoms with E-state index in [0.29, 0.717) is 0 Å². The molecule has 286 valence electrons. The molecule has 2 aromatic heterocycles. The molecule has 0 saturated heterocycles. The maximum absolute atomic E-state index is 2.45. The van der Waals surface area contributed by atoms with E-state index in [-0.39, 0.29) is 0 Å². The Labute approximate surface area is 354 Å². The summed E-state index contributed by atoms with van der Waals surface area (Å²) in [6.07, 6.45) is 0. The molecular formula is C58H39N3. The van der Waals surface area contributed by atoms with Gasteiger partial charge in [0, 0.05) is 44.2 Å². The Balaban J connectivity index is 0.997. The van der Waals surface area contributed by atoms with Gasteiger partial charge in [0.1, 0.15) is 0 Å². The zero-order valence-electron chi connectivity index (χ0n) is 33.4. The molecule has 0 atom stereocenters. The lowest BCUT2D eigenvalue weighted by Gasteiger charge is -2.29. The Hall–Kier alpha value is -8.14. The number of fused-ring (bicyclic) bond motifs is 7. The number of rotatable bonds is 7. The van der Waals surface area contributed by atoms with Gasteiger partial charge in [-0.1, -0.05) is 158 Å². The van der Waals surface area contributed by atoms with Crippen molar-refractivity contribution in [3.8, 4) is 33.6 Å². The van der Waals surface area contributed by atoms with Crippen molar-refractivity contribution < 1.29 is 0 Å². The fourth-order valence-corrected chi connectivity index (χ4v) is 9.52. The maximum Gasteiger partial charge on any atom is 0.0562 e. The molecule has 0 aliphatic heterocycles. The first kappa shape index (κ1) is 34.9. The number of para-hydroxylation sites is 4. The fraction of sp³-hybridized carbons (Fsp3) is 0. The average molecular weight is 778 g/mol. The Bertz CT molecular complexity index is 3560. The van der Waals surface area contributed by atoms with E-state index in [1.54, 1.807) is 0 Å². The van der Waals surface area contributed by atoms with E-state index in [2.05, 4.69) is 251 Å². The van der Waals surface area contributed by atoms with Crippen LogP contribution in [0, 0.1) is 0 Å². The van der Waals surface area contributed by atoms with Crippen LogP contribution in [0.1, 0.15) is 0 Å². The molecule has 0 radical (unpaired) electrons. The summed E-state index contributed by atoms with van der Waals surface area (Å²) < 4.78 is 4.80. The van der Waals surface area contributed by atoms with Crippen LogP contribution in [-0.2, 0) is 0 Å². The number of anilines is 3. The average Bonchev–Trinajstić information content (AvgIpc) is 3.85. The van der Waals surface area contributed by atoms with Gasteiger partial charge in [-0.25, -0.2) is 0 Å². The zero-order chi connectivity index (χ0) is 40.3. The number of hydrogen-bond acceptors (Lipinski definition) is 1. The Morgan fingerprint density at radius 1 is 0.295 bits per heavy atom. The van der Waals surface area contributed by atoms with Crippen LogP contribution in [0.15, 0.2) is 237 Å². The molecule has 0 bridgehead atoms. The zero-order valence-corrected chi connectivity index (χ0v) is 33.4. The second kappa shape index (κ2) is 14.3. The minimum absolute atomic E-state index is 1.09. The third kappa shape index (κ3) is 5.74. The molecule has 12 rings (SSSR count). The quantitative estimate of drug-likeness (QED) is 0.157. The number of aromatic nitrogens is 2. The largest absolute Gasteiger partial charge is 0.309 e. The van der Waals surface area contributed by atoms with E-state index in [9.17, 15) is 0 Å². The van der Waals surface area contributed by atoms with Gasteiger partial charge in [0.25, 0.3) is 0 Å². The first-order chi connectivity index (χ1) is 30.3. The second-order valence-electron chi connectivity index (χ2n) is 15.7. The van der Waals surface area contributed by atoms with Crippen molar-refractivity contribution in [2.45, 2.75) is 0 Å². The van der Waals surface area contributed by atoms with Crippen molar-refractivity contribution in [2.75, 3.05) is 4.90 Å². The summed E-state index contributed by atoms with van der Waals surface area (Å²) in [5.41, 5.74) is 15.1. The monoisotopic (exact) mass is 777 g/mol. The highest BCUT2D eigenvalue weighted by molar-refractivity contribution is 6.17. The second-order valence-corrected chi connectivity index (χ2v) is 15.7. The predicted octanol–water partition coefficient (Wildman–Crippen LogP) is 15.8. The Kier molecular flexibility index (Phi) is 8.17. The molecule has 0 saturated carbocycles. The van der Waals surface area contributed by atoms with Gasteiger partial charge in [0.2, 0.25) is 0 Å². The van der Waals surface area contributed by atoms with Gasteiger partial charge in [-0.2, -0.15) is 0 Å². The van der Waals surface area contributed by atoms with Crippen LogP contribution in [0.25, 0.3) is 88.0 Å². The molecule has 0 aliphatic carbocycles. The van der Waals surface area contributed by atoms with E-state index < -0.39 is 0 Å². The fourth-order valence-electron chi connectivity index (χ4n) is 9.52. The van der Waals surface area contributed by atoms with Gasteiger partial charge in [-0.15, -0.1) is 0 Å². The summed E-state index contributed by atoms with van der Waals surface area (Å²) in [5.74, 6) is 0. The third-order valence-corrected chi connectivity index (χ3v) is 12.3. The molecule has 3 nitrogen and oxygen atoms in total. The molecule has 0 aliphatic rings. The number of benzene rings is 10. The van der Waals surface area contributed by atoms with Crippen molar-refractivity contribution in [1.82, 2.24) is 9.13 Å². The topological polar surface area (TPSA) is 13.1 Å². The molecule has 0 unspecified atom stereocenters. The van der Waals surface area contributed by atoms with Crippen LogP contribution in [-0.4, -0.2) is 9.13 Å². The van der Waals surface area contributed by atoms with Crippen LogP contribution in [0.5, 0.6) is 0 Å². The van der Waals surface area contributed by atoms with Crippen LogP contribution < -0.4 is 4.90 Å². The van der Waals surface area contributed by atoms with Crippen molar-refractivity contribution in [1.29, 1.82) is 0 Å². The molecular weight excluding hydrogens is 739 g/mol. The first-order valence-electron chi connectivity index (χ1n) is 20.9. The van der Waals surface area contributed by atoms with E-state index >= 15 is 0 Å². The highest BCUT2D eigenvalue weighted by Gasteiger charge is 2.23. The van der Waals surface area contributed by atoms with E-state index in [0.717, 1.165) is 28.4 Å². The van der Waals surface area contributed by atoms with Crippen molar-refractivity contribution in [3.63, 3.8) is 0 Å². The molecule has 61 heavy (non-hydrogen) atoms. The summed E-state index contributed by atoms with van der Waals surface area (Å²) in [5, 5.41) is 7.47. The Morgan fingerprint density at radius 2 is 0.820 bits per heavy atom. The molecule has 12 aromatic rings. The third-order valence-electron chi connectivity index (χ3n) is 12.3. The number of nitrogens with zero attached hydrogens (tertiary/aromatic N) is 3. The molecule has 0 spiro atoms. The van der Waals surface area contributed by atoms with Gasteiger partial charge in [-0.05, 0) is 106 Å². The van der Waals surface area contributed by atoms with Crippen molar-refractivity contribution in [2.24, 2.45) is 0 Å². The lowest BCUT2D eigenvalue weighted by atomic mass is 10.00. The van der Waals surface area contributed by atoms with E-state index in [1.807, 2.05) is 0 Å². The molecule has 2 heterocycles.